The van der Waals surface area contributed by atoms with Crippen molar-refractivity contribution in [2.45, 2.75) is 39.5 Å². The number of aromatic nitrogens is 2. The Balaban J connectivity index is 2.28. The summed E-state index contributed by atoms with van der Waals surface area (Å²) in [5, 5.41) is 1.23. The van der Waals surface area contributed by atoms with Gasteiger partial charge in [0.15, 0.2) is 0 Å². The molecule has 2 aromatic rings. The molecular formula is C13H16N2S2. The molecule has 2 heterocycles. The molecule has 0 fully saturated rings. The van der Waals surface area contributed by atoms with Crippen LogP contribution in [0.2, 0.25) is 0 Å². The van der Waals surface area contributed by atoms with Crippen molar-refractivity contribution in [2.75, 3.05) is 0 Å². The number of hydrogen-bond donors (Lipinski definition) is 1. The van der Waals surface area contributed by atoms with E-state index in [1.54, 1.807) is 0 Å². The van der Waals surface area contributed by atoms with Gasteiger partial charge in [0.2, 0.25) is 0 Å². The van der Waals surface area contributed by atoms with E-state index in [4.69, 9.17) is 12.2 Å². The monoisotopic (exact) mass is 264 g/mol. The molecule has 2 nitrogen and oxygen atoms in total. The Morgan fingerprint density at radius 3 is 3.12 bits per heavy atom. The number of thiophene rings is 1. The molecular weight excluding hydrogens is 248 g/mol. The average Bonchev–Trinajstić information content (AvgIpc) is 2.66. The molecule has 1 atom stereocenters. The summed E-state index contributed by atoms with van der Waals surface area (Å²) in [6.07, 6.45) is 4.56. The molecule has 1 aliphatic rings. The normalized spacial score (nSPS) is 19.5. The van der Waals surface area contributed by atoms with Crippen molar-refractivity contribution in [3.05, 3.63) is 20.9 Å². The number of nitrogens with zero attached hydrogens (tertiary/aromatic N) is 1. The Morgan fingerprint density at radius 1 is 1.53 bits per heavy atom. The first-order valence-corrected chi connectivity index (χ1v) is 7.45. The molecule has 0 aliphatic heterocycles. The maximum atomic E-state index is 5.49. The first kappa shape index (κ1) is 11.4. The van der Waals surface area contributed by atoms with E-state index in [-0.39, 0.29) is 0 Å². The van der Waals surface area contributed by atoms with Gasteiger partial charge in [0, 0.05) is 16.7 Å². The fourth-order valence-corrected chi connectivity index (χ4v) is 4.37. The maximum absolute atomic E-state index is 5.49. The zero-order chi connectivity index (χ0) is 12.0. The van der Waals surface area contributed by atoms with Gasteiger partial charge in [-0.25, -0.2) is 4.98 Å². The van der Waals surface area contributed by atoms with E-state index in [0.717, 1.165) is 27.6 Å². The quantitative estimate of drug-likeness (QED) is 0.787. The molecule has 1 unspecified atom stereocenters. The first-order chi connectivity index (χ1) is 8.19. The predicted octanol–water partition coefficient (Wildman–Crippen LogP) is 4.04. The van der Waals surface area contributed by atoms with Crippen LogP contribution in [0, 0.1) is 10.6 Å². The highest BCUT2D eigenvalue weighted by Gasteiger charge is 2.21. The third-order valence-electron chi connectivity index (χ3n) is 3.55. The van der Waals surface area contributed by atoms with Crippen molar-refractivity contribution in [2.24, 2.45) is 5.92 Å². The number of H-pyrrole nitrogens is 1. The summed E-state index contributed by atoms with van der Waals surface area (Å²) in [4.78, 5) is 10.6. The number of aromatic amines is 1. The zero-order valence-corrected chi connectivity index (χ0v) is 11.8. The lowest BCUT2D eigenvalue weighted by Crippen LogP contribution is -2.08. The van der Waals surface area contributed by atoms with E-state index >= 15 is 0 Å². The fourth-order valence-electron chi connectivity index (χ4n) is 2.56. The molecule has 17 heavy (non-hydrogen) atoms. The van der Waals surface area contributed by atoms with Gasteiger partial charge in [-0.05, 0) is 30.7 Å². The number of hydrogen-bond acceptors (Lipinski definition) is 3. The molecule has 0 radical (unpaired) electrons. The summed E-state index contributed by atoms with van der Waals surface area (Å²) in [6.45, 7) is 4.44. The van der Waals surface area contributed by atoms with Crippen molar-refractivity contribution in [3.63, 3.8) is 0 Å². The first-order valence-electron chi connectivity index (χ1n) is 6.22. The third-order valence-corrected chi connectivity index (χ3v) is 5.00. The second-order valence-electron chi connectivity index (χ2n) is 4.90. The lowest BCUT2D eigenvalue weighted by atomic mass is 9.89. The van der Waals surface area contributed by atoms with Crippen LogP contribution in [0.25, 0.3) is 10.2 Å². The Bertz CT molecular complexity index is 624. The number of aryl methyl sites for hydroxylation is 2. The largest absolute Gasteiger partial charge is 0.334 e. The average molecular weight is 264 g/mol. The van der Waals surface area contributed by atoms with E-state index in [2.05, 4.69) is 23.8 Å². The van der Waals surface area contributed by atoms with Gasteiger partial charge < -0.3 is 4.98 Å². The molecule has 0 saturated heterocycles. The summed E-state index contributed by atoms with van der Waals surface area (Å²) in [5.41, 5.74) is 1.47. The van der Waals surface area contributed by atoms with Gasteiger partial charge in [0.25, 0.3) is 0 Å². The Morgan fingerprint density at radius 2 is 2.35 bits per heavy atom. The van der Waals surface area contributed by atoms with Crippen LogP contribution in [-0.2, 0) is 19.3 Å². The molecule has 0 aromatic carbocycles. The van der Waals surface area contributed by atoms with Gasteiger partial charge in [-0.2, -0.15) is 0 Å². The van der Waals surface area contributed by atoms with Gasteiger partial charge in [0.05, 0.1) is 0 Å². The number of fused-ring (bicyclic) bond motifs is 3. The van der Waals surface area contributed by atoms with Gasteiger partial charge in [-0.3, -0.25) is 0 Å². The minimum absolute atomic E-state index is 0.804. The van der Waals surface area contributed by atoms with E-state index in [9.17, 15) is 0 Å². The second-order valence-corrected chi connectivity index (χ2v) is 6.39. The molecule has 4 heteroatoms. The van der Waals surface area contributed by atoms with Gasteiger partial charge in [0.1, 0.15) is 15.3 Å². The van der Waals surface area contributed by atoms with Crippen molar-refractivity contribution in [3.8, 4) is 0 Å². The summed E-state index contributed by atoms with van der Waals surface area (Å²) in [7, 11) is 0. The van der Waals surface area contributed by atoms with Crippen molar-refractivity contribution in [1.29, 1.82) is 0 Å². The van der Waals surface area contributed by atoms with E-state index in [0.29, 0.717) is 0 Å². The standard InChI is InChI=1S/C13H16N2S2/c1-3-10-14-12(16)11-8-5-4-7(2)6-9(8)17-13(11)15-10/h7H,3-6H2,1-2H3,(H,14,15,16). The molecule has 90 valence electrons. The molecule has 3 rings (SSSR count). The number of nitrogens with one attached hydrogen (secondary N) is 1. The minimum Gasteiger partial charge on any atom is -0.334 e. The van der Waals surface area contributed by atoms with Gasteiger partial charge >= 0.3 is 0 Å². The minimum atomic E-state index is 0.804. The summed E-state index contributed by atoms with van der Waals surface area (Å²) >= 11 is 7.34. The predicted molar refractivity (Wildman–Crippen MR) is 75.4 cm³/mol. The third kappa shape index (κ3) is 1.83. The van der Waals surface area contributed by atoms with E-state index < -0.39 is 0 Å². The highest BCUT2D eigenvalue weighted by molar-refractivity contribution is 7.71. The molecule has 0 spiro atoms. The molecule has 2 aromatic heterocycles. The van der Waals surface area contributed by atoms with Crippen molar-refractivity contribution in [1.82, 2.24) is 9.97 Å². The van der Waals surface area contributed by atoms with Crippen LogP contribution in [0.5, 0.6) is 0 Å². The van der Waals surface area contributed by atoms with Crippen LogP contribution in [0.4, 0.5) is 0 Å². The van der Waals surface area contributed by atoms with Crippen LogP contribution in [0.3, 0.4) is 0 Å². The topological polar surface area (TPSA) is 28.7 Å². The summed E-state index contributed by atoms with van der Waals surface area (Å²) in [6, 6.07) is 0. The van der Waals surface area contributed by atoms with Crippen LogP contribution in [-0.4, -0.2) is 9.97 Å². The Labute approximate surface area is 110 Å². The van der Waals surface area contributed by atoms with Crippen molar-refractivity contribution >= 4 is 33.8 Å². The van der Waals surface area contributed by atoms with Gasteiger partial charge in [-0.15, -0.1) is 11.3 Å². The smallest absolute Gasteiger partial charge is 0.128 e. The highest BCUT2D eigenvalue weighted by Crippen LogP contribution is 2.37. The van der Waals surface area contributed by atoms with Crippen LogP contribution in [0.1, 0.15) is 36.5 Å². The lowest BCUT2D eigenvalue weighted by molar-refractivity contribution is 0.509. The number of rotatable bonds is 1. The molecule has 1 aliphatic carbocycles. The van der Waals surface area contributed by atoms with Gasteiger partial charge in [-0.1, -0.05) is 26.1 Å². The molecule has 0 bridgehead atoms. The second kappa shape index (κ2) is 4.18. The summed E-state index contributed by atoms with van der Waals surface area (Å²) < 4.78 is 0.888. The molecule has 1 N–H and O–H groups in total. The van der Waals surface area contributed by atoms with Crippen LogP contribution >= 0.6 is 23.6 Å². The van der Waals surface area contributed by atoms with Crippen LogP contribution in [0.15, 0.2) is 0 Å². The molecule has 0 amide bonds. The highest BCUT2D eigenvalue weighted by atomic mass is 32.1. The van der Waals surface area contributed by atoms with E-state index in [1.807, 2.05) is 11.3 Å². The zero-order valence-electron chi connectivity index (χ0n) is 10.2. The Hall–Kier alpha value is -0.740. The van der Waals surface area contributed by atoms with Crippen LogP contribution < -0.4 is 0 Å². The fraction of sp³-hybridized carbons (Fsp3) is 0.538. The maximum Gasteiger partial charge on any atom is 0.128 e. The SMILES string of the molecule is CCc1nc2sc3c(c2c(=S)[nH]1)CCC(C)C3. The van der Waals surface area contributed by atoms with E-state index in [1.165, 1.54) is 35.1 Å². The Kier molecular flexibility index (Phi) is 2.79. The summed E-state index contributed by atoms with van der Waals surface area (Å²) in [5.74, 6) is 1.81. The molecule has 0 saturated carbocycles. The lowest BCUT2D eigenvalue weighted by Gasteiger charge is -2.17. The van der Waals surface area contributed by atoms with Crippen molar-refractivity contribution < 1.29 is 0 Å².